The zero-order valence-electron chi connectivity index (χ0n) is 15.8. The smallest absolute Gasteiger partial charge is 0.399 e. The minimum Gasteiger partial charge on any atom is -0.399 e. The number of hydrogen-bond acceptors (Lipinski definition) is 2. The van der Waals surface area contributed by atoms with Crippen molar-refractivity contribution in [1.82, 2.24) is 0 Å². The molecule has 0 spiro atoms. The van der Waals surface area contributed by atoms with E-state index in [0.29, 0.717) is 18.8 Å². The van der Waals surface area contributed by atoms with Gasteiger partial charge in [-0.25, -0.2) is 8.78 Å². The molecular weight excluding hydrogens is 321 g/mol. The second-order valence-electron chi connectivity index (χ2n) is 8.67. The van der Waals surface area contributed by atoms with Gasteiger partial charge in [-0.1, -0.05) is 24.3 Å². The molecule has 2 fully saturated rings. The van der Waals surface area contributed by atoms with Crippen LogP contribution < -0.4 is 5.46 Å². The molecule has 0 aromatic heterocycles. The molecule has 2 aliphatic rings. The molecule has 25 heavy (non-hydrogen) atoms. The van der Waals surface area contributed by atoms with Crippen LogP contribution in [0.3, 0.4) is 0 Å². The Balaban J connectivity index is 1.59. The van der Waals surface area contributed by atoms with Crippen molar-refractivity contribution in [3.05, 3.63) is 29.8 Å². The highest BCUT2D eigenvalue weighted by Gasteiger charge is 2.51. The van der Waals surface area contributed by atoms with Crippen molar-refractivity contribution in [3.8, 4) is 0 Å². The van der Waals surface area contributed by atoms with E-state index in [-0.39, 0.29) is 31.2 Å². The van der Waals surface area contributed by atoms with Gasteiger partial charge in [0.15, 0.2) is 0 Å². The molecule has 3 rings (SSSR count). The maximum Gasteiger partial charge on any atom is 0.494 e. The Bertz CT molecular complexity index is 589. The van der Waals surface area contributed by atoms with Gasteiger partial charge in [-0.05, 0) is 70.3 Å². The number of alkyl halides is 2. The van der Waals surface area contributed by atoms with Crippen molar-refractivity contribution in [2.45, 2.75) is 83.3 Å². The molecule has 1 saturated heterocycles. The van der Waals surface area contributed by atoms with Crippen molar-refractivity contribution in [2.24, 2.45) is 5.92 Å². The summed E-state index contributed by atoms with van der Waals surface area (Å²) in [4.78, 5) is 0. The summed E-state index contributed by atoms with van der Waals surface area (Å²) in [6.45, 7) is 8.21. The van der Waals surface area contributed by atoms with Crippen LogP contribution >= 0.6 is 0 Å². The lowest BCUT2D eigenvalue weighted by Gasteiger charge is -2.32. The van der Waals surface area contributed by atoms with Gasteiger partial charge in [-0.2, -0.15) is 0 Å². The molecule has 5 heteroatoms. The van der Waals surface area contributed by atoms with Crippen LogP contribution in [0.1, 0.15) is 65.4 Å². The predicted molar refractivity (Wildman–Crippen MR) is 97.4 cm³/mol. The second-order valence-corrected chi connectivity index (χ2v) is 8.67. The lowest BCUT2D eigenvalue weighted by atomic mass is 9.77. The number of halogens is 2. The van der Waals surface area contributed by atoms with Crippen LogP contribution in [0.5, 0.6) is 0 Å². The van der Waals surface area contributed by atoms with E-state index in [2.05, 4.69) is 39.8 Å². The molecular formula is C20H29BF2O2. The van der Waals surface area contributed by atoms with Crippen molar-refractivity contribution in [2.75, 3.05) is 0 Å². The molecule has 0 bridgehead atoms. The average Bonchev–Trinajstić information content (AvgIpc) is 2.75. The van der Waals surface area contributed by atoms with E-state index in [4.69, 9.17) is 9.31 Å². The molecule has 0 N–H and O–H groups in total. The van der Waals surface area contributed by atoms with Gasteiger partial charge in [0.2, 0.25) is 5.92 Å². The van der Waals surface area contributed by atoms with E-state index >= 15 is 0 Å². The first-order valence-corrected chi connectivity index (χ1v) is 9.40. The van der Waals surface area contributed by atoms with Gasteiger partial charge >= 0.3 is 7.12 Å². The second kappa shape index (κ2) is 6.66. The Morgan fingerprint density at radius 3 is 2.24 bits per heavy atom. The Hall–Kier alpha value is -0.935. The molecule has 2 nitrogen and oxygen atoms in total. The minimum absolute atomic E-state index is 0.0472. The van der Waals surface area contributed by atoms with Crippen LogP contribution in [0.4, 0.5) is 8.78 Å². The number of hydrogen-bond donors (Lipinski definition) is 0. The van der Waals surface area contributed by atoms with Gasteiger partial charge in [-0.3, -0.25) is 0 Å². The number of rotatable bonds is 4. The normalized spacial score (nSPS) is 25.3. The van der Waals surface area contributed by atoms with Gasteiger partial charge in [0.25, 0.3) is 0 Å². The topological polar surface area (TPSA) is 18.5 Å². The first kappa shape index (κ1) is 18.8. The number of aryl methyl sites for hydroxylation is 1. The summed E-state index contributed by atoms with van der Waals surface area (Å²) in [5.74, 6) is -2.02. The third-order valence-electron chi connectivity index (χ3n) is 6.15. The first-order chi connectivity index (χ1) is 11.6. The van der Waals surface area contributed by atoms with Gasteiger partial charge in [-0.15, -0.1) is 0 Å². The van der Waals surface area contributed by atoms with E-state index in [1.807, 2.05) is 12.1 Å². The van der Waals surface area contributed by atoms with Gasteiger partial charge in [0, 0.05) is 12.8 Å². The summed E-state index contributed by atoms with van der Waals surface area (Å²) < 4.78 is 38.8. The fourth-order valence-corrected chi connectivity index (χ4v) is 3.63. The third-order valence-corrected chi connectivity index (χ3v) is 6.15. The van der Waals surface area contributed by atoms with Gasteiger partial charge in [0.05, 0.1) is 11.2 Å². The van der Waals surface area contributed by atoms with Crippen molar-refractivity contribution < 1.29 is 18.1 Å². The van der Waals surface area contributed by atoms with E-state index < -0.39 is 5.92 Å². The minimum atomic E-state index is -2.44. The molecule has 1 aromatic carbocycles. The monoisotopic (exact) mass is 350 g/mol. The van der Waals surface area contributed by atoms with Crippen LogP contribution in [0.2, 0.25) is 0 Å². The van der Waals surface area contributed by atoms with E-state index in [9.17, 15) is 8.78 Å². The maximum atomic E-state index is 13.3. The van der Waals surface area contributed by atoms with Gasteiger partial charge in [0.1, 0.15) is 0 Å². The third kappa shape index (κ3) is 4.25. The van der Waals surface area contributed by atoms with Crippen molar-refractivity contribution >= 4 is 12.6 Å². The highest BCUT2D eigenvalue weighted by Crippen LogP contribution is 2.38. The van der Waals surface area contributed by atoms with Crippen LogP contribution in [0, 0.1) is 5.92 Å². The molecule has 0 atom stereocenters. The average molecular weight is 350 g/mol. The Morgan fingerprint density at radius 1 is 1.04 bits per heavy atom. The summed E-state index contributed by atoms with van der Waals surface area (Å²) in [6, 6.07) is 8.31. The zero-order valence-corrected chi connectivity index (χ0v) is 15.8. The Morgan fingerprint density at radius 2 is 1.64 bits per heavy atom. The van der Waals surface area contributed by atoms with Crippen LogP contribution in [-0.2, 0) is 15.7 Å². The summed E-state index contributed by atoms with van der Waals surface area (Å²) in [5, 5.41) is 0. The van der Waals surface area contributed by atoms with E-state index in [1.165, 1.54) is 5.56 Å². The SMILES string of the molecule is CC1(C)OB(c2cccc(CCC3CCC(F)(F)CC3)c2)OC1(C)C. The maximum absolute atomic E-state index is 13.3. The molecule has 1 heterocycles. The molecule has 1 saturated carbocycles. The zero-order chi connectivity index (χ0) is 18.3. The lowest BCUT2D eigenvalue weighted by molar-refractivity contribution is -0.0464. The van der Waals surface area contributed by atoms with Crippen LogP contribution in [-0.4, -0.2) is 24.2 Å². The lowest BCUT2D eigenvalue weighted by Crippen LogP contribution is -2.41. The molecule has 0 amide bonds. The largest absolute Gasteiger partial charge is 0.494 e. The summed E-state index contributed by atoms with van der Waals surface area (Å²) in [7, 11) is -0.349. The quantitative estimate of drug-likeness (QED) is 0.730. The van der Waals surface area contributed by atoms with Crippen LogP contribution in [0.25, 0.3) is 0 Å². The highest BCUT2D eigenvalue weighted by atomic mass is 19.3. The first-order valence-electron chi connectivity index (χ1n) is 9.40. The standard InChI is InChI=1S/C20H29BF2O2/c1-18(2)19(3,4)25-21(24-18)17-7-5-6-16(14-17)9-8-15-10-12-20(22,23)13-11-15/h5-7,14-15H,8-13H2,1-4H3. The molecule has 1 aliphatic carbocycles. The molecule has 0 unspecified atom stereocenters. The molecule has 0 radical (unpaired) electrons. The predicted octanol–water partition coefficient (Wildman–Crippen LogP) is 4.74. The fraction of sp³-hybridized carbons (Fsp3) is 0.700. The Kier molecular flexibility index (Phi) is 5.02. The molecule has 1 aliphatic heterocycles. The van der Waals surface area contributed by atoms with E-state index in [0.717, 1.165) is 18.3 Å². The summed E-state index contributed by atoms with van der Waals surface area (Å²) in [6.07, 6.45) is 3.28. The van der Waals surface area contributed by atoms with Crippen molar-refractivity contribution in [3.63, 3.8) is 0 Å². The van der Waals surface area contributed by atoms with Gasteiger partial charge < -0.3 is 9.31 Å². The summed E-state index contributed by atoms with van der Waals surface area (Å²) in [5.41, 5.74) is 1.57. The number of benzene rings is 1. The molecule has 1 aromatic rings. The van der Waals surface area contributed by atoms with Crippen molar-refractivity contribution in [1.29, 1.82) is 0 Å². The molecule has 138 valence electrons. The van der Waals surface area contributed by atoms with E-state index in [1.54, 1.807) is 0 Å². The highest BCUT2D eigenvalue weighted by molar-refractivity contribution is 6.62. The van der Waals surface area contributed by atoms with Crippen LogP contribution in [0.15, 0.2) is 24.3 Å². The Labute approximate surface area is 150 Å². The fourth-order valence-electron chi connectivity index (χ4n) is 3.63. The summed E-state index contributed by atoms with van der Waals surface area (Å²) >= 11 is 0.